The first kappa shape index (κ1) is 11.3. The van der Waals surface area contributed by atoms with E-state index < -0.39 is 5.82 Å². The van der Waals surface area contributed by atoms with Crippen LogP contribution in [0.25, 0.3) is 10.9 Å². The van der Waals surface area contributed by atoms with E-state index in [9.17, 15) is 4.39 Å². The van der Waals surface area contributed by atoms with Crippen LogP contribution in [0.2, 0.25) is 5.02 Å². The lowest BCUT2D eigenvalue weighted by atomic mass is 10.2. The summed E-state index contributed by atoms with van der Waals surface area (Å²) < 4.78 is 13.9. The Hall–Kier alpha value is -0.190. The number of alkyl halides is 1. The number of hydrogen-bond acceptors (Lipinski definition) is 1. The van der Waals surface area contributed by atoms with Crippen molar-refractivity contribution in [3.63, 3.8) is 0 Å². The summed E-state index contributed by atoms with van der Waals surface area (Å²) in [5.41, 5.74) is 1.65. The molecule has 5 heteroatoms. The van der Waals surface area contributed by atoms with Crippen LogP contribution in [0.15, 0.2) is 22.8 Å². The first-order valence-electron chi connectivity index (χ1n) is 4.12. The lowest BCUT2D eigenvalue weighted by Crippen LogP contribution is -1.89. The van der Waals surface area contributed by atoms with Crippen molar-refractivity contribution in [3.05, 3.63) is 39.2 Å². The Balaban J connectivity index is 2.76. The van der Waals surface area contributed by atoms with Crippen LogP contribution in [0.3, 0.4) is 0 Å². The van der Waals surface area contributed by atoms with E-state index in [0.717, 1.165) is 15.6 Å². The van der Waals surface area contributed by atoms with Crippen molar-refractivity contribution in [2.75, 3.05) is 0 Å². The molecule has 0 spiro atoms. The standard InChI is InChI=1S/C10H5Br2ClFN/c11-4-6-1-5-2-8(14)7(13)3-9(5)15-10(6)12/h1-3H,4H2. The van der Waals surface area contributed by atoms with Crippen LogP contribution in [0.4, 0.5) is 4.39 Å². The van der Waals surface area contributed by atoms with Crippen LogP contribution in [0.1, 0.15) is 5.56 Å². The molecule has 1 aromatic carbocycles. The lowest BCUT2D eigenvalue weighted by molar-refractivity contribution is 0.630. The molecule has 78 valence electrons. The third-order valence-electron chi connectivity index (χ3n) is 2.03. The number of nitrogens with zero attached hydrogens (tertiary/aromatic N) is 1. The van der Waals surface area contributed by atoms with Crippen LogP contribution in [-0.4, -0.2) is 4.98 Å². The van der Waals surface area contributed by atoms with E-state index in [4.69, 9.17) is 11.6 Å². The molecular weight excluding hydrogens is 348 g/mol. The highest BCUT2D eigenvalue weighted by Gasteiger charge is 2.07. The molecule has 0 aliphatic rings. The van der Waals surface area contributed by atoms with Gasteiger partial charge in [0.2, 0.25) is 0 Å². The van der Waals surface area contributed by atoms with Gasteiger partial charge in [0.25, 0.3) is 0 Å². The topological polar surface area (TPSA) is 12.9 Å². The van der Waals surface area contributed by atoms with E-state index in [-0.39, 0.29) is 5.02 Å². The van der Waals surface area contributed by atoms with E-state index >= 15 is 0 Å². The Labute approximate surface area is 108 Å². The molecule has 2 rings (SSSR count). The molecule has 15 heavy (non-hydrogen) atoms. The minimum Gasteiger partial charge on any atom is -0.241 e. The summed E-state index contributed by atoms with van der Waals surface area (Å²) in [5.74, 6) is -0.422. The Kier molecular flexibility index (Phi) is 3.28. The van der Waals surface area contributed by atoms with Gasteiger partial charge in [0.05, 0.1) is 10.5 Å². The van der Waals surface area contributed by atoms with Gasteiger partial charge >= 0.3 is 0 Å². The van der Waals surface area contributed by atoms with Crippen molar-refractivity contribution >= 4 is 54.4 Å². The summed E-state index contributed by atoms with van der Waals surface area (Å²) in [6.07, 6.45) is 0. The van der Waals surface area contributed by atoms with E-state index in [1.807, 2.05) is 6.07 Å². The average Bonchev–Trinajstić information content (AvgIpc) is 2.20. The third-order valence-corrected chi connectivity index (χ3v) is 3.61. The predicted molar refractivity (Wildman–Crippen MR) is 67.0 cm³/mol. The van der Waals surface area contributed by atoms with Crippen molar-refractivity contribution in [1.29, 1.82) is 0 Å². The summed E-state index contributed by atoms with van der Waals surface area (Å²) in [6.45, 7) is 0. The maximum Gasteiger partial charge on any atom is 0.142 e. The number of rotatable bonds is 1. The number of hydrogen-bond donors (Lipinski definition) is 0. The third kappa shape index (κ3) is 2.17. The second-order valence-electron chi connectivity index (χ2n) is 3.03. The van der Waals surface area contributed by atoms with E-state index in [0.29, 0.717) is 10.8 Å². The summed E-state index contributed by atoms with van der Waals surface area (Å²) in [5, 5.41) is 1.50. The van der Waals surface area contributed by atoms with Crippen molar-refractivity contribution in [1.82, 2.24) is 4.98 Å². The molecule has 0 saturated heterocycles. The fraction of sp³-hybridized carbons (Fsp3) is 0.100. The molecule has 0 aliphatic carbocycles. The normalized spacial score (nSPS) is 10.9. The molecule has 0 atom stereocenters. The molecule has 0 N–H and O–H groups in total. The SMILES string of the molecule is Fc1cc2cc(CBr)c(Br)nc2cc1Cl. The maximum atomic E-state index is 13.2. The molecule has 0 bridgehead atoms. The van der Waals surface area contributed by atoms with Crippen LogP contribution in [0, 0.1) is 5.82 Å². The van der Waals surface area contributed by atoms with Gasteiger partial charge in [0.1, 0.15) is 10.4 Å². The van der Waals surface area contributed by atoms with Gasteiger partial charge in [-0.3, -0.25) is 0 Å². The molecule has 0 saturated carbocycles. The molecule has 0 fully saturated rings. The molecule has 0 unspecified atom stereocenters. The zero-order valence-corrected chi connectivity index (χ0v) is 11.3. The van der Waals surface area contributed by atoms with Crippen LogP contribution in [0.5, 0.6) is 0 Å². The Morgan fingerprint density at radius 3 is 2.73 bits per heavy atom. The molecule has 1 heterocycles. The van der Waals surface area contributed by atoms with E-state index in [2.05, 4.69) is 36.8 Å². The zero-order valence-electron chi connectivity index (χ0n) is 7.40. The summed E-state index contributed by atoms with van der Waals surface area (Å²) in [7, 11) is 0. The van der Waals surface area contributed by atoms with Crippen molar-refractivity contribution < 1.29 is 4.39 Å². The quantitative estimate of drug-likeness (QED) is 0.536. The summed E-state index contributed by atoms with van der Waals surface area (Å²) in [6, 6.07) is 4.79. The zero-order chi connectivity index (χ0) is 11.0. The number of pyridine rings is 1. The van der Waals surface area contributed by atoms with Crippen molar-refractivity contribution in [2.45, 2.75) is 5.33 Å². The lowest BCUT2D eigenvalue weighted by Gasteiger charge is -2.04. The number of halogens is 4. The van der Waals surface area contributed by atoms with E-state index in [1.54, 1.807) is 0 Å². The average molecular weight is 353 g/mol. The van der Waals surface area contributed by atoms with Crippen LogP contribution in [-0.2, 0) is 5.33 Å². The Morgan fingerprint density at radius 1 is 1.33 bits per heavy atom. The smallest absolute Gasteiger partial charge is 0.142 e. The van der Waals surface area contributed by atoms with Gasteiger partial charge in [-0.15, -0.1) is 0 Å². The maximum absolute atomic E-state index is 13.2. The number of fused-ring (bicyclic) bond motifs is 1. The van der Waals surface area contributed by atoms with Crippen LogP contribution < -0.4 is 0 Å². The second-order valence-corrected chi connectivity index (χ2v) is 4.75. The van der Waals surface area contributed by atoms with E-state index in [1.165, 1.54) is 12.1 Å². The fourth-order valence-corrected chi connectivity index (χ4v) is 2.69. The monoisotopic (exact) mass is 351 g/mol. The Bertz CT molecular complexity index is 530. The number of benzene rings is 1. The molecule has 1 aromatic heterocycles. The molecule has 1 nitrogen and oxygen atoms in total. The second kappa shape index (κ2) is 4.36. The van der Waals surface area contributed by atoms with Crippen LogP contribution >= 0.6 is 43.5 Å². The first-order valence-corrected chi connectivity index (χ1v) is 6.41. The van der Waals surface area contributed by atoms with Gasteiger partial charge in [0, 0.05) is 10.7 Å². The number of aromatic nitrogens is 1. The van der Waals surface area contributed by atoms with Crippen molar-refractivity contribution in [2.24, 2.45) is 0 Å². The summed E-state index contributed by atoms with van der Waals surface area (Å²) in [4.78, 5) is 4.28. The van der Waals surface area contributed by atoms with Gasteiger partial charge in [0.15, 0.2) is 0 Å². The predicted octanol–water partition coefficient (Wildman–Crippen LogP) is 4.68. The highest BCUT2D eigenvalue weighted by molar-refractivity contribution is 9.10. The van der Waals surface area contributed by atoms with Gasteiger partial charge in [-0.2, -0.15) is 0 Å². The molecule has 0 amide bonds. The minimum absolute atomic E-state index is 0.0912. The largest absolute Gasteiger partial charge is 0.241 e. The first-order chi connectivity index (χ1) is 7.11. The van der Waals surface area contributed by atoms with Gasteiger partial charge in [-0.05, 0) is 39.7 Å². The van der Waals surface area contributed by atoms with Crippen molar-refractivity contribution in [3.8, 4) is 0 Å². The highest BCUT2D eigenvalue weighted by Crippen LogP contribution is 2.26. The molecule has 2 aromatic rings. The van der Waals surface area contributed by atoms with Gasteiger partial charge in [-0.1, -0.05) is 27.5 Å². The minimum atomic E-state index is -0.422. The molecule has 0 radical (unpaired) electrons. The summed E-state index contributed by atoms with van der Waals surface area (Å²) >= 11 is 12.4. The Morgan fingerprint density at radius 2 is 2.07 bits per heavy atom. The van der Waals surface area contributed by atoms with Gasteiger partial charge < -0.3 is 0 Å². The van der Waals surface area contributed by atoms with Gasteiger partial charge in [-0.25, -0.2) is 9.37 Å². The highest BCUT2D eigenvalue weighted by atomic mass is 79.9. The fourth-order valence-electron chi connectivity index (χ4n) is 1.28. The molecular formula is C10H5Br2ClFN. The molecule has 0 aliphatic heterocycles.